The predicted octanol–water partition coefficient (Wildman–Crippen LogP) is 2.55. The van der Waals surface area contributed by atoms with Gasteiger partial charge in [-0.25, -0.2) is 4.39 Å². The van der Waals surface area contributed by atoms with Crippen LogP contribution in [0.25, 0.3) is 0 Å². The number of benzene rings is 1. The number of rotatable bonds is 7. The Morgan fingerprint density at radius 1 is 1.18 bits per heavy atom. The van der Waals surface area contributed by atoms with Crippen LogP contribution in [0.15, 0.2) is 24.3 Å². The van der Waals surface area contributed by atoms with Crippen molar-refractivity contribution in [1.29, 1.82) is 0 Å². The van der Waals surface area contributed by atoms with Gasteiger partial charge in [0, 0.05) is 33.1 Å². The van der Waals surface area contributed by atoms with Crippen molar-refractivity contribution in [1.82, 2.24) is 14.7 Å². The minimum Gasteiger partial charge on any atom is -0.344 e. The number of likely N-dealkylation sites (tertiary alicyclic amines) is 2. The van der Waals surface area contributed by atoms with Crippen LogP contribution in [0.3, 0.4) is 0 Å². The van der Waals surface area contributed by atoms with Crippen LogP contribution in [0.5, 0.6) is 0 Å². The lowest BCUT2D eigenvalue weighted by Gasteiger charge is -2.34. The number of nitrogens with zero attached hydrogens (tertiary/aromatic N) is 3. The van der Waals surface area contributed by atoms with E-state index in [-0.39, 0.29) is 24.2 Å². The summed E-state index contributed by atoms with van der Waals surface area (Å²) < 4.78 is 13.7. The van der Waals surface area contributed by atoms with Gasteiger partial charge < -0.3 is 14.7 Å². The van der Waals surface area contributed by atoms with E-state index in [1.807, 2.05) is 19.2 Å². The third kappa shape index (κ3) is 5.77. The molecule has 2 amide bonds. The van der Waals surface area contributed by atoms with Crippen LogP contribution in [0, 0.1) is 11.7 Å². The first-order valence-electron chi connectivity index (χ1n) is 10.5. The Labute approximate surface area is 167 Å². The van der Waals surface area contributed by atoms with Gasteiger partial charge in [0.25, 0.3) is 0 Å². The zero-order valence-electron chi connectivity index (χ0n) is 16.9. The van der Waals surface area contributed by atoms with Gasteiger partial charge in [-0.1, -0.05) is 18.2 Å². The smallest absolute Gasteiger partial charge is 0.241 e. The van der Waals surface area contributed by atoms with Gasteiger partial charge in [0.1, 0.15) is 5.82 Å². The molecule has 154 valence electrons. The first-order valence-corrected chi connectivity index (χ1v) is 10.5. The second-order valence-electron chi connectivity index (χ2n) is 8.17. The Morgan fingerprint density at radius 3 is 2.64 bits per heavy atom. The molecule has 0 N–H and O–H groups in total. The van der Waals surface area contributed by atoms with Gasteiger partial charge in [-0.2, -0.15) is 0 Å². The Kier molecular flexibility index (Phi) is 7.43. The maximum Gasteiger partial charge on any atom is 0.241 e. The molecule has 2 aliphatic rings. The molecule has 0 spiro atoms. The lowest BCUT2D eigenvalue weighted by molar-refractivity contribution is -0.141. The molecule has 6 heteroatoms. The number of carbonyl (C=O) groups excluding carboxylic acids is 2. The third-order valence-electron chi connectivity index (χ3n) is 6.07. The third-order valence-corrected chi connectivity index (χ3v) is 6.07. The van der Waals surface area contributed by atoms with Crippen LogP contribution in [0.1, 0.15) is 37.7 Å². The lowest BCUT2D eigenvalue weighted by Crippen LogP contribution is -2.45. The molecule has 1 aromatic rings. The summed E-state index contributed by atoms with van der Waals surface area (Å²) in [6.07, 6.45) is 5.35. The number of hydrogen-bond acceptors (Lipinski definition) is 3. The maximum absolute atomic E-state index is 13.7. The number of piperidine rings is 2. The summed E-state index contributed by atoms with van der Waals surface area (Å²) in [5.74, 6) is 0.522. The van der Waals surface area contributed by atoms with E-state index in [2.05, 4.69) is 4.90 Å². The van der Waals surface area contributed by atoms with E-state index in [0.29, 0.717) is 18.9 Å². The Balaban J connectivity index is 1.37. The predicted molar refractivity (Wildman–Crippen MR) is 107 cm³/mol. The first-order chi connectivity index (χ1) is 13.5. The van der Waals surface area contributed by atoms with Gasteiger partial charge in [-0.05, 0) is 62.7 Å². The molecule has 0 aliphatic carbocycles. The van der Waals surface area contributed by atoms with E-state index in [1.54, 1.807) is 15.9 Å². The van der Waals surface area contributed by atoms with Crippen LogP contribution in [-0.4, -0.2) is 72.8 Å². The van der Waals surface area contributed by atoms with Crippen molar-refractivity contribution < 1.29 is 14.0 Å². The molecular formula is C22H32FN3O2. The quantitative estimate of drug-likeness (QED) is 0.720. The van der Waals surface area contributed by atoms with Crippen LogP contribution in [-0.2, 0) is 16.0 Å². The van der Waals surface area contributed by atoms with Gasteiger partial charge in [-0.15, -0.1) is 0 Å². The molecule has 0 aromatic heterocycles. The normalized spacial score (nSPS) is 19.1. The summed E-state index contributed by atoms with van der Waals surface area (Å²) in [5.41, 5.74) is 0.780. The molecule has 28 heavy (non-hydrogen) atoms. The fraction of sp³-hybridized carbons (Fsp3) is 0.636. The fourth-order valence-corrected chi connectivity index (χ4v) is 4.17. The molecule has 1 aromatic carbocycles. The van der Waals surface area contributed by atoms with E-state index in [0.717, 1.165) is 63.8 Å². The Morgan fingerprint density at radius 2 is 1.93 bits per heavy atom. The maximum atomic E-state index is 13.7. The van der Waals surface area contributed by atoms with Gasteiger partial charge in [0.05, 0.1) is 6.54 Å². The minimum atomic E-state index is -0.121. The second kappa shape index (κ2) is 10.0. The molecule has 0 saturated carbocycles. The van der Waals surface area contributed by atoms with Crippen LogP contribution in [0.2, 0.25) is 0 Å². The molecule has 0 atom stereocenters. The highest BCUT2D eigenvalue weighted by molar-refractivity contribution is 5.85. The zero-order chi connectivity index (χ0) is 19.9. The minimum absolute atomic E-state index is 0.0391. The van der Waals surface area contributed by atoms with Crippen molar-refractivity contribution in [3.63, 3.8) is 0 Å². The number of halogens is 1. The van der Waals surface area contributed by atoms with Crippen molar-refractivity contribution >= 4 is 11.8 Å². The fourth-order valence-electron chi connectivity index (χ4n) is 4.17. The van der Waals surface area contributed by atoms with E-state index in [4.69, 9.17) is 0 Å². The van der Waals surface area contributed by atoms with Crippen molar-refractivity contribution in [3.05, 3.63) is 35.6 Å². The van der Waals surface area contributed by atoms with Crippen LogP contribution >= 0.6 is 0 Å². The summed E-state index contributed by atoms with van der Waals surface area (Å²) in [7, 11) is 1.85. The Bertz CT molecular complexity index is 674. The summed E-state index contributed by atoms with van der Waals surface area (Å²) in [4.78, 5) is 30.2. The van der Waals surface area contributed by atoms with E-state index < -0.39 is 0 Å². The highest BCUT2D eigenvalue weighted by Gasteiger charge is 2.25. The molecule has 5 nitrogen and oxygen atoms in total. The largest absolute Gasteiger partial charge is 0.344 e. The molecule has 0 unspecified atom stereocenters. The summed E-state index contributed by atoms with van der Waals surface area (Å²) in [6.45, 7) is 4.54. The lowest BCUT2D eigenvalue weighted by atomic mass is 9.96. The number of likely N-dealkylation sites (N-methyl/N-ethyl adjacent to an activating group) is 1. The molecule has 3 rings (SSSR count). The number of hydrogen-bond donors (Lipinski definition) is 0. The van der Waals surface area contributed by atoms with Gasteiger partial charge in [0.15, 0.2) is 0 Å². The highest BCUT2D eigenvalue weighted by atomic mass is 19.1. The molecule has 0 radical (unpaired) electrons. The number of carbonyl (C=O) groups is 2. The standard InChI is InChI=1S/C22H32FN3O2/c1-24(22(28)17-26-12-5-4-8-21(26)27)16-18-9-13-25(14-10-18)15-11-19-6-2-3-7-20(19)23/h2-3,6-7,18H,4-5,8-17H2,1H3. The van der Waals surface area contributed by atoms with E-state index >= 15 is 0 Å². The summed E-state index contributed by atoms with van der Waals surface area (Å²) >= 11 is 0. The zero-order valence-corrected chi connectivity index (χ0v) is 16.9. The number of amides is 2. The SMILES string of the molecule is CN(CC1CCN(CCc2ccccc2F)CC1)C(=O)CN1CCCCC1=O. The van der Waals surface area contributed by atoms with Crippen molar-refractivity contribution in [2.75, 3.05) is 46.3 Å². The van der Waals surface area contributed by atoms with Gasteiger partial charge in [-0.3, -0.25) is 9.59 Å². The molecular weight excluding hydrogens is 357 g/mol. The molecule has 2 fully saturated rings. The molecule has 0 bridgehead atoms. The van der Waals surface area contributed by atoms with E-state index in [9.17, 15) is 14.0 Å². The van der Waals surface area contributed by atoms with Crippen molar-refractivity contribution in [2.24, 2.45) is 5.92 Å². The van der Waals surface area contributed by atoms with Gasteiger partial charge >= 0.3 is 0 Å². The molecule has 2 saturated heterocycles. The topological polar surface area (TPSA) is 43.9 Å². The second-order valence-corrected chi connectivity index (χ2v) is 8.17. The Hall–Kier alpha value is -1.95. The molecule has 2 aliphatic heterocycles. The highest BCUT2D eigenvalue weighted by Crippen LogP contribution is 2.19. The molecule has 2 heterocycles. The van der Waals surface area contributed by atoms with Crippen molar-refractivity contribution in [2.45, 2.75) is 38.5 Å². The monoisotopic (exact) mass is 389 g/mol. The average Bonchev–Trinajstić information content (AvgIpc) is 2.70. The van der Waals surface area contributed by atoms with Crippen molar-refractivity contribution in [3.8, 4) is 0 Å². The van der Waals surface area contributed by atoms with Crippen LogP contribution in [0.4, 0.5) is 4.39 Å². The summed E-state index contributed by atoms with van der Waals surface area (Å²) in [6, 6.07) is 6.99. The van der Waals surface area contributed by atoms with Gasteiger partial charge in [0.2, 0.25) is 11.8 Å². The first kappa shape index (κ1) is 20.8. The van der Waals surface area contributed by atoms with E-state index in [1.165, 1.54) is 6.07 Å². The van der Waals surface area contributed by atoms with Crippen LogP contribution < -0.4 is 0 Å². The average molecular weight is 390 g/mol. The summed E-state index contributed by atoms with van der Waals surface area (Å²) in [5, 5.41) is 0.